The summed E-state index contributed by atoms with van der Waals surface area (Å²) in [7, 11) is 2.79. The molecule has 12 heteroatoms. The number of ether oxygens (including phenoxy) is 3. The van der Waals surface area contributed by atoms with Crippen LogP contribution in [-0.4, -0.2) is 64.9 Å². The molecule has 3 aromatic carbocycles. The van der Waals surface area contributed by atoms with Crippen molar-refractivity contribution in [3.05, 3.63) is 107 Å². The van der Waals surface area contributed by atoms with Crippen LogP contribution in [0.5, 0.6) is 17.8 Å². The van der Waals surface area contributed by atoms with Crippen LogP contribution in [0.4, 0.5) is 5.69 Å². The van der Waals surface area contributed by atoms with Crippen LogP contribution in [0.1, 0.15) is 27.0 Å². The smallest absolute Gasteiger partial charge is 0.347 e. The molecule has 1 aliphatic heterocycles. The first-order valence-electron chi connectivity index (χ1n) is 13.2. The number of amides is 1. The molecule has 2 heterocycles. The molecule has 0 radical (unpaired) electrons. The zero-order valence-electron chi connectivity index (χ0n) is 23.3. The highest BCUT2D eigenvalue weighted by Gasteiger charge is 2.52. The summed E-state index contributed by atoms with van der Waals surface area (Å²) < 4.78 is 16.5. The highest BCUT2D eigenvalue weighted by Crippen LogP contribution is 2.42. The lowest BCUT2D eigenvalue weighted by Gasteiger charge is -2.39. The number of nitrogens with zero attached hydrogens (tertiary/aromatic N) is 3. The minimum Gasteiger partial charge on any atom is -0.481 e. The second-order valence-corrected chi connectivity index (χ2v) is 9.60. The molecule has 0 aliphatic carbocycles. The Hall–Kier alpha value is -5.49. The van der Waals surface area contributed by atoms with Gasteiger partial charge in [-0.25, -0.2) is 9.59 Å². The van der Waals surface area contributed by atoms with Crippen molar-refractivity contribution in [3.8, 4) is 17.8 Å². The molecular formula is C31H28N4O8. The Balaban J connectivity index is 1.67. The van der Waals surface area contributed by atoms with Crippen LogP contribution in [0.15, 0.2) is 84.9 Å². The number of aromatic nitrogens is 2. The number of aromatic carboxylic acids is 1. The highest BCUT2D eigenvalue weighted by atomic mass is 16.5. The number of carbonyl (C=O) groups excluding carboxylic acids is 1. The van der Waals surface area contributed by atoms with E-state index < -0.39 is 23.6 Å². The van der Waals surface area contributed by atoms with Crippen molar-refractivity contribution in [1.29, 1.82) is 0 Å². The number of benzene rings is 3. The lowest BCUT2D eigenvalue weighted by atomic mass is 9.77. The second-order valence-electron chi connectivity index (χ2n) is 9.60. The summed E-state index contributed by atoms with van der Waals surface area (Å²) in [4.78, 5) is 48.1. The summed E-state index contributed by atoms with van der Waals surface area (Å²) in [6.07, 6.45) is -1.68. The molecular weight excluding hydrogens is 556 g/mol. The molecule has 0 saturated carbocycles. The van der Waals surface area contributed by atoms with E-state index in [0.717, 1.165) is 0 Å². The molecule has 43 heavy (non-hydrogen) atoms. The maximum Gasteiger partial charge on any atom is 0.347 e. The molecule has 4 aromatic rings. The molecule has 1 amide bonds. The highest BCUT2D eigenvalue weighted by molar-refractivity contribution is 5.97. The van der Waals surface area contributed by atoms with Gasteiger partial charge in [-0.1, -0.05) is 60.7 Å². The first kappa shape index (κ1) is 29.0. The van der Waals surface area contributed by atoms with E-state index in [1.54, 1.807) is 66.7 Å². The molecule has 0 spiro atoms. The zero-order valence-corrected chi connectivity index (χ0v) is 23.3. The van der Waals surface area contributed by atoms with Gasteiger partial charge < -0.3 is 29.3 Å². The Morgan fingerprint density at radius 2 is 1.56 bits per heavy atom. The van der Waals surface area contributed by atoms with Crippen LogP contribution in [0.2, 0.25) is 0 Å². The van der Waals surface area contributed by atoms with Gasteiger partial charge in [0.2, 0.25) is 23.8 Å². The zero-order chi connectivity index (χ0) is 30.6. The Morgan fingerprint density at radius 1 is 0.930 bits per heavy atom. The molecule has 2 unspecified atom stereocenters. The van der Waals surface area contributed by atoms with Gasteiger partial charge in [-0.15, -0.1) is 0 Å². The van der Waals surface area contributed by atoms with Crippen LogP contribution >= 0.6 is 0 Å². The quantitative estimate of drug-likeness (QED) is 0.251. The minimum atomic E-state index is -1.68. The molecule has 0 bridgehead atoms. The molecule has 12 nitrogen and oxygen atoms in total. The number of aliphatic carboxylic acids is 1. The Morgan fingerprint density at radius 3 is 2.16 bits per heavy atom. The average Bonchev–Trinajstić information content (AvgIpc) is 3.15. The van der Waals surface area contributed by atoms with Crippen LogP contribution in [0.3, 0.4) is 0 Å². The molecule has 220 valence electrons. The fourth-order valence-electron chi connectivity index (χ4n) is 5.11. The maximum absolute atomic E-state index is 13.7. The van der Waals surface area contributed by atoms with Gasteiger partial charge in [0.15, 0.2) is 0 Å². The normalized spacial score (nSPS) is 16.9. The summed E-state index contributed by atoms with van der Waals surface area (Å²) in [5.74, 6) is -2.54. The summed E-state index contributed by atoms with van der Waals surface area (Å²) >= 11 is 0. The van der Waals surface area contributed by atoms with Crippen LogP contribution in [-0.2, 0) is 21.7 Å². The lowest BCUT2D eigenvalue weighted by molar-refractivity contribution is -0.149. The molecule has 0 saturated heterocycles. The van der Waals surface area contributed by atoms with Gasteiger partial charge in [0.05, 0.1) is 38.9 Å². The number of hydrogen-bond donors (Lipinski definition) is 3. The third-order valence-corrected chi connectivity index (χ3v) is 7.13. The predicted octanol–water partition coefficient (Wildman–Crippen LogP) is 3.10. The van der Waals surface area contributed by atoms with E-state index in [4.69, 9.17) is 14.2 Å². The number of carboxylic acid groups (broad SMARTS) is 2. The molecule has 3 N–H and O–H groups in total. The summed E-state index contributed by atoms with van der Waals surface area (Å²) in [6, 6.07) is 23.1. The van der Waals surface area contributed by atoms with Crippen LogP contribution in [0.25, 0.3) is 0 Å². The standard InChI is InChI=1S/C31H28N4O8/c1-41-24-16-25(42-2)34-30(33-24)43-27(29(39)40)31(21-8-4-3-5-9-21)22-10-6-7-11-23(22)35(26(36)17-32-31)18-19-12-14-20(15-13-19)28(37)38/h3-16,27,32H,17-18H2,1-2H3,(H,37,38)(H,39,40). The van der Waals surface area contributed by atoms with Gasteiger partial charge in [0, 0.05) is 11.3 Å². The van der Waals surface area contributed by atoms with Gasteiger partial charge in [-0.3, -0.25) is 10.1 Å². The Bertz CT molecular complexity index is 1630. The molecule has 5 rings (SSSR count). The van der Waals surface area contributed by atoms with Gasteiger partial charge in [-0.2, -0.15) is 9.97 Å². The van der Waals surface area contributed by atoms with E-state index in [2.05, 4.69) is 15.3 Å². The summed E-state index contributed by atoms with van der Waals surface area (Å²) in [6.45, 7) is -0.150. The van der Waals surface area contributed by atoms with Crippen molar-refractivity contribution in [2.24, 2.45) is 0 Å². The Labute approximate surface area is 246 Å². The monoisotopic (exact) mass is 584 g/mol. The fourth-order valence-corrected chi connectivity index (χ4v) is 5.11. The first-order valence-corrected chi connectivity index (χ1v) is 13.2. The van der Waals surface area contributed by atoms with Crippen molar-refractivity contribution < 1.29 is 38.8 Å². The van der Waals surface area contributed by atoms with Crippen LogP contribution in [0, 0.1) is 0 Å². The maximum atomic E-state index is 13.7. The predicted molar refractivity (Wildman–Crippen MR) is 153 cm³/mol. The number of para-hydroxylation sites is 1. The van der Waals surface area contributed by atoms with E-state index in [1.165, 1.54) is 37.3 Å². The minimum absolute atomic E-state index is 0.101. The second kappa shape index (κ2) is 12.2. The van der Waals surface area contributed by atoms with Crippen molar-refractivity contribution in [2.75, 3.05) is 25.7 Å². The summed E-state index contributed by atoms with van der Waals surface area (Å²) in [5.41, 5.74) is 0.613. The van der Waals surface area contributed by atoms with Gasteiger partial charge in [0.1, 0.15) is 5.54 Å². The number of carbonyl (C=O) groups is 3. The van der Waals surface area contributed by atoms with E-state index >= 15 is 0 Å². The number of anilines is 1. The van der Waals surface area contributed by atoms with Crippen molar-refractivity contribution >= 4 is 23.5 Å². The topological polar surface area (TPSA) is 160 Å². The van der Waals surface area contributed by atoms with E-state index in [0.29, 0.717) is 22.4 Å². The van der Waals surface area contributed by atoms with Crippen molar-refractivity contribution in [3.63, 3.8) is 0 Å². The molecule has 1 aliphatic rings. The number of fused-ring (bicyclic) bond motifs is 1. The van der Waals surface area contributed by atoms with Crippen molar-refractivity contribution in [2.45, 2.75) is 18.2 Å². The fraction of sp³-hybridized carbons (Fsp3) is 0.194. The number of carboxylic acids is 2. The number of rotatable bonds is 10. The largest absolute Gasteiger partial charge is 0.481 e. The molecule has 2 atom stereocenters. The average molecular weight is 585 g/mol. The van der Waals surface area contributed by atoms with Gasteiger partial charge in [-0.05, 0) is 29.3 Å². The summed E-state index contributed by atoms with van der Waals surface area (Å²) in [5, 5.41) is 23.2. The Kier molecular flexibility index (Phi) is 8.21. The third kappa shape index (κ3) is 5.68. The molecule has 1 aromatic heterocycles. The lowest BCUT2D eigenvalue weighted by Crippen LogP contribution is -2.58. The third-order valence-electron chi connectivity index (χ3n) is 7.13. The number of hydrogen-bond acceptors (Lipinski definition) is 9. The van der Waals surface area contributed by atoms with Gasteiger partial charge in [0.25, 0.3) is 0 Å². The number of nitrogens with one attached hydrogen (secondary N) is 1. The molecule has 0 fully saturated rings. The SMILES string of the molecule is COc1cc(OC)nc(OC(C(=O)O)C2(c3ccccc3)NCC(=O)N(Cc3ccc(C(=O)O)cc3)c3ccccc32)n1. The van der Waals surface area contributed by atoms with Gasteiger partial charge >= 0.3 is 17.9 Å². The van der Waals surface area contributed by atoms with E-state index in [-0.39, 0.29) is 42.3 Å². The number of methoxy groups -OCH3 is 2. The van der Waals surface area contributed by atoms with Crippen LogP contribution < -0.4 is 24.4 Å². The van der Waals surface area contributed by atoms with E-state index in [1.807, 2.05) is 0 Å². The van der Waals surface area contributed by atoms with Crippen molar-refractivity contribution in [1.82, 2.24) is 15.3 Å². The van der Waals surface area contributed by atoms with E-state index in [9.17, 15) is 24.6 Å². The first-order chi connectivity index (χ1) is 20.8.